The summed E-state index contributed by atoms with van der Waals surface area (Å²) in [5.41, 5.74) is 5.40. The Kier molecular flexibility index (Phi) is 13.6. The number of anilines is 2. The van der Waals surface area contributed by atoms with Gasteiger partial charge in [-0.05, 0) is 104 Å². The minimum atomic E-state index is -4.61. The molecule has 1 amide bonds. The molecular formula is C49H56ClFN8O7S. The van der Waals surface area contributed by atoms with Crippen molar-refractivity contribution in [3.8, 4) is 11.5 Å². The van der Waals surface area contributed by atoms with E-state index in [1.807, 2.05) is 18.2 Å². The quantitative estimate of drug-likeness (QED) is 0.0757. The molecule has 15 nitrogen and oxygen atoms in total. The number of piperidine rings is 1. The Morgan fingerprint density at radius 2 is 1.79 bits per heavy atom. The summed E-state index contributed by atoms with van der Waals surface area (Å²) >= 11 is 6.25. The summed E-state index contributed by atoms with van der Waals surface area (Å²) in [5, 5.41) is 17.0. The number of nitrogens with one attached hydrogen (secondary N) is 3. The summed E-state index contributed by atoms with van der Waals surface area (Å²) in [5.74, 6) is -0.521. The number of carbonyl (C=O) groups is 1. The van der Waals surface area contributed by atoms with Crippen molar-refractivity contribution >= 4 is 61.2 Å². The van der Waals surface area contributed by atoms with Crippen LogP contribution in [-0.4, -0.2) is 116 Å². The molecule has 2 unspecified atom stereocenters. The van der Waals surface area contributed by atoms with E-state index in [0.29, 0.717) is 63.4 Å². The molecule has 67 heavy (non-hydrogen) atoms. The van der Waals surface area contributed by atoms with Gasteiger partial charge in [-0.3, -0.25) is 24.7 Å². The number of alkyl halides is 1. The van der Waals surface area contributed by atoms with E-state index in [9.17, 15) is 27.7 Å². The third kappa shape index (κ3) is 10.8. The van der Waals surface area contributed by atoms with Crippen LogP contribution in [0.3, 0.4) is 0 Å². The first kappa shape index (κ1) is 46.5. The van der Waals surface area contributed by atoms with Gasteiger partial charge in [0.15, 0.2) is 0 Å². The summed E-state index contributed by atoms with van der Waals surface area (Å²) in [7, 11) is -4.61. The molecule has 3 fully saturated rings. The lowest BCUT2D eigenvalue weighted by molar-refractivity contribution is -0.384. The van der Waals surface area contributed by atoms with Gasteiger partial charge in [0.2, 0.25) is 0 Å². The number of fused-ring (bicyclic) bond motifs is 1. The lowest BCUT2D eigenvalue weighted by atomic mass is 9.72. The number of aromatic nitrogens is 2. The highest BCUT2D eigenvalue weighted by atomic mass is 35.5. The number of piperazine rings is 1. The van der Waals surface area contributed by atoms with Gasteiger partial charge in [0, 0.05) is 98.9 Å². The Bertz CT molecular complexity index is 2770. The van der Waals surface area contributed by atoms with Crippen LogP contribution in [0.15, 0.2) is 95.7 Å². The number of sulfonamides is 1. The largest absolute Gasteiger partial charge is 0.455 e. The lowest BCUT2D eigenvalue weighted by Crippen LogP contribution is -2.51. The van der Waals surface area contributed by atoms with Gasteiger partial charge in [-0.2, -0.15) is 0 Å². The average Bonchev–Trinajstić information content (AvgIpc) is 3.79. The first-order valence-corrected chi connectivity index (χ1v) is 24.8. The Morgan fingerprint density at radius 1 is 1.01 bits per heavy atom. The molecule has 3 saturated heterocycles. The predicted molar refractivity (Wildman–Crippen MR) is 257 cm³/mol. The molecule has 18 heteroatoms. The number of hydrogen-bond acceptors (Lipinski definition) is 12. The molecule has 0 bridgehead atoms. The smallest absolute Gasteiger partial charge is 0.293 e. The molecule has 3 N–H and O–H groups in total. The lowest BCUT2D eigenvalue weighted by Gasteiger charge is -2.40. The van der Waals surface area contributed by atoms with Crippen molar-refractivity contribution in [3.63, 3.8) is 0 Å². The van der Waals surface area contributed by atoms with Crippen LogP contribution in [-0.2, 0) is 14.8 Å². The second-order valence-electron chi connectivity index (χ2n) is 18.8. The number of hydrogen-bond donors (Lipinski definition) is 3. The highest BCUT2D eigenvalue weighted by Gasteiger charge is 2.35. The minimum absolute atomic E-state index is 0.0546. The molecule has 0 saturated carbocycles. The van der Waals surface area contributed by atoms with Crippen LogP contribution in [0.4, 0.5) is 21.5 Å². The number of halogens is 2. The Hall–Kier alpha value is -5.59. The third-order valence-electron chi connectivity index (χ3n) is 13.7. The molecule has 5 heterocycles. The number of rotatable bonds is 13. The second-order valence-corrected chi connectivity index (χ2v) is 21.0. The molecular weight excluding hydrogens is 899 g/mol. The Morgan fingerprint density at radius 3 is 2.54 bits per heavy atom. The Labute approximate surface area is 394 Å². The zero-order valence-electron chi connectivity index (χ0n) is 37.7. The molecule has 1 aliphatic carbocycles. The van der Waals surface area contributed by atoms with Gasteiger partial charge < -0.3 is 24.7 Å². The molecule has 5 aromatic rings. The van der Waals surface area contributed by atoms with Crippen molar-refractivity contribution in [2.75, 3.05) is 69.2 Å². The van der Waals surface area contributed by atoms with Crippen molar-refractivity contribution in [3.05, 3.63) is 117 Å². The van der Waals surface area contributed by atoms with Crippen molar-refractivity contribution < 1.29 is 32.0 Å². The van der Waals surface area contributed by atoms with E-state index in [4.69, 9.17) is 21.1 Å². The summed E-state index contributed by atoms with van der Waals surface area (Å²) < 4.78 is 55.9. The first-order valence-electron chi connectivity index (χ1n) is 23.0. The van der Waals surface area contributed by atoms with Crippen LogP contribution in [0, 0.1) is 15.5 Å². The van der Waals surface area contributed by atoms with Gasteiger partial charge >= 0.3 is 0 Å². The number of pyridine rings is 1. The standard InChI is InChI=1S/C49H56ClFN8O7S/c1-49(2)16-11-34(41(28-49)32-3-5-35(50)6-4-32)30-56-20-22-57(23-21-56)37-7-9-40(46(26-37)66-38-25-33-12-17-52-47(33)53-29-38)48(60)55-67(63,64)39-8-10-43(45(27-39)59(61)62)54-36-13-18-58(19-14-36)44-15-24-65-31-42(44)51/h3-10,12,17,25-27,29,36,42,44,54H,11,13-16,18-24,28,30-31H2,1-2H3,(H,52,53)(H,55,60). The van der Waals surface area contributed by atoms with Crippen LogP contribution in [0.2, 0.25) is 5.02 Å². The minimum Gasteiger partial charge on any atom is -0.455 e. The van der Waals surface area contributed by atoms with Crippen molar-refractivity contribution in [1.29, 1.82) is 0 Å². The summed E-state index contributed by atoms with van der Waals surface area (Å²) in [4.78, 5) is 39.5. The van der Waals surface area contributed by atoms with Crippen LogP contribution >= 0.6 is 11.6 Å². The highest BCUT2D eigenvalue weighted by molar-refractivity contribution is 7.90. The molecule has 354 valence electrons. The number of allylic oxidation sites excluding steroid dienone is 1. The number of ether oxygens (including phenoxy) is 2. The van der Waals surface area contributed by atoms with Gasteiger partial charge in [-0.15, -0.1) is 0 Å². The number of aromatic amines is 1. The molecule has 9 rings (SSSR count). The van der Waals surface area contributed by atoms with Crippen LogP contribution in [0.5, 0.6) is 11.5 Å². The molecule has 2 aromatic heterocycles. The van der Waals surface area contributed by atoms with Crippen molar-refractivity contribution in [1.82, 2.24) is 24.5 Å². The van der Waals surface area contributed by atoms with Crippen LogP contribution in [0.25, 0.3) is 16.6 Å². The van der Waals surface area contributed by atoms with Gasteiger partial charge in [0.05, 0.1) is 28.2 Å². The topological polar surface area (TPSA) is 175 Å². The molecule has 0 radical (unpaired) electrons. The zero-order chi connectivity index (χ0) is 46.9. The normalized spacial score (nSPS) is 21.0. The maximum Gasteiger partial charge on any atom is 0.293 e. The molecule has 3 aromatic carbocycles. The fourth-order valence-corrected chi connectivity index (χ4v) is 11.0. The number of amides is 1. The molecule has 4 aliphatic rings. The zero-order valence-corrected chi connectivity index (χ0v) is 39.3. The number of H-pyrrole nitrogens is 1. The van der Waals surface area contributed by atoms with Gasteiger partial charge in [-0.25, -0.2) is 22.5 Å². The van der Waals surface area contributed by atoms with E-state index in [1.54, 1.807) is 24.4 Å². The third-order valence-corrected chi connectivity index (χ3v) is 15.2. The van der Waals surface area contributed by atoms with E-state index in [2.05, 4.69) is 60.7 Å². The number of benzene rings is 3. The molecule has 0 spiro atoms. The van der Waals surface area contributed by atoms with Gasteiger partial charge in [-0.1, -0.05) is 43.2 Å². The van der Waals surface area contributed by atoms with E-state index < -0.39 is 37.6 Å². The summed E-state index contributed by atoms with van der Waals surface area (Å²) in [6.07, 6.45) is 7.24. The number of likely N-dealkylation sites (tertiary alicyclic amines) is 1. The van der Waals surface area contributed by atoms with Gasteiger partial charge in [0.1, 0.15) is 29.0 Å². The van der Waals surface area contributed by atoms with E-state index in [-0.39, 0.29) is 41.1 Å². The van der Waals surface area contributed by atoms with E-state index in [0.717, 1.165) is 61.1 Å². The molecule has 2 atom stereocenters. The number of nitro benzene ring substituents is 1. The number of nitro groups is 1. The maximum atomic E-state index is 14.5. The fourth-order valence-electron chi connectivity index (χ4n) is 9.87. The second kappa shape index (κ2) is 19.6. The van der Waals surface area contributed by atoms with Crippen molar-refractivity contribution in [2.24, 2.45) is 5.41 Å². The van der Waals surface area contributed by atoms with Crippen LogP contribution in [0.1, 0.15) is 68.3 Å². The monoisotopic (exact) mass is 954 g/mol. The average molecular weight is 956 g/mol. The van der Waals surface area contributed by atoms with E-state index in [1.165, 1.54) is 41.1 Å². The van der Waals surface area contributed by atoms with Gasteiger partial charge in [0.25, 0.3) is 21.6 Å². The molecule has 3 aliphatic heterocycles. The summed E-state index contributed by atoms with van der Waals surface area (Å²) in [6, 6.07) is 20.0. The number of carbonyl (C=O) groups excluding carboxylic acids is 1. The van der Waals surface area contributed by atoms with E-state index >= 15 is 0 Å². The first-order chi connectivity index (χ1) is 32.2. The van der Waals surface area contributed by atoms with Crippen LogP contribution < -0.4 is 19.7 Å². The fraction of sp³-hybridized carbons (Fsp3) is 0.429. The summed E-state index contributed by atoms with van der Waals surface area (Å²) in [6.45, 7) is 10.4. The Balaban J connectivity index is 0.902. The number of nitrogens with zero attached hydrogens (tertiary/aromatic N) is 5. The highest BCUT2D eigenvalue weighted by Crippen LogP contribution is 2.44. The van der Waals surface area contributed by atoms with Crippen molar-refractivity contribution in [2.45, 2.75) is 75.5 Å². The predicted octanol–water partition coefficient (Wildman–Crippen LogP) is 8.82. The maximum absolute atomic E-state index is 14.5. The SMILES string of the molecule is CC1(C)CCC(CN2CCN(c3ccc(C(=O)NS(=O)(=O)c4ccc(NC5CCN(C6CCOCC6F)CC5)c([N+](=O)[O-])c4)c(Oc4cnc5[nH]ccc5c4)c3)CC2)=C(c2ccc(Cl)cc2)C1.